The average molecular weight is 234 g/mol. The average Bonchev–Trinajstić information content (AvgIpc) is 2.96. The third-order valence-electron chi connectivity index (χ3n) is 2.51. The van der Waals surface area contributed by atoms with Gasteiger partial charge in [-0.05, 0) is 40.9 Å². The number of hydrogen-bond donors (Lipinski definition) is 0. The molecule has 2 heterocycles. The topological polar surface area (TPSA) is 30.2 Å². The van der Waals surface area contributed by atoms with E-state index in [0.717, 1.165) is 18.6 Å². The van der Waals surface area contributed by atoms with Crippen LogP contribution in [0.5, 0.6) is 0 Å². The fourth-order valence-electron chi connectivity index (χ4n) is 1.53. The van der Waals surface area contributed by atoms with E-state index in [1.807, 2.05) is 18.4 Å². The second-order valence-electron chi connectivity index (χ2n) is 3.67. The minimum absolute atomic E-state index is 0.0888. The van der Waals surface area contributed by atoms with E-state index in [2.05, 4.69) is 11.4 Å². The number of ketones is 1. The van der Waals surface area contributed by atoms with E-state index < -0.39 is 0 Å². The lowest BCUT2D eigenvalue weighted by Crippen LogP contribution is -1.98. The number of Topliss-reactive ketones (excluding diaryl/α,β-unsaturated/α-hetero) is 1. The van der Waals surface area contributed by atoms with E-state index in [1.54, 1.807) is 17.4 Å². The van der Waals surface area contributed by atoms with Crippen LogP contribution in [0, 0.1) is 0 Å². The summed E-state index contributed by atoms with van der Waals surface area (Å²) < 4.78 is 5.42. The molecule has 0 aromatic carbocycles. The third kappa shape index (κ3) is 2.61. The quantitative estimate of drug-likeness (QED) is 0.738. The Morgan fingerprint density at radius 1 is 1.38 bits per heavy atom. The first kappa shape index (κ1) is 11.1. The Labute approximate surface area is 98.9 Å². The standard InChI is InChI=1S/C13H14O2S/c1-2-11-4-6-13(15-11)12(14)5-3-10-7-8-16-9-10/h4,6-9H,2-3,5H2,1H3. The van der Waals surface area contributed by atoms with Gasteiger partial charge in [0, 0.05) is 12.8 Å². The fraction of sp³-hybridized carbons (Fsp3) is 0.308. The summed E-state index contributed by atoms with van der Waals surface area (Å²) in [4.78, 5) is 11.8. The molecule has 0 amide bonds. The number of aryl methyl sites for hydroxylation is 2. The van der Waals surface area contributed by atoms with Gasteiger partial charge in [-0.25, -0.2) is 0 Å². The summed E-state index contributed by atoms with van der Waals surface area (Å²) in [6.07, 6.45) is 2.15. The second-order valence-corrected chi connectivity index (χ2v) is 4.45. The van der Waals surface area contributed by atoms with Gasteiger partial charge >= 0.3 is 0 Å². The number of thiophene rings is 1. The summed E-state index contributed by atoms with van der Waals surface area (Å²) in [6, 6.07) is 5.70. The molecule has 2 nitrogen and oxygen atoms in total. The Bertz CT molecular complexity index is 454. The van der Waals surface area contributed by atoms with Gasteiger partial charge in [-0.3, -0.25) is 4.79 Å². The minimum Gasteiger partial charge on any atom is -0.458 e. The number of hydrogen-bond acceptors (Lipinski definition) is 3. The lowest BCUT2D eigenvalue weighted by Gasteiger charge is -1.96. The molecule has 0 atom stereocenters. The fourth-order valence-corrected chi connectivity index (χ4v) is 2.24. The zero-order chi connectivity index (χ0) is 11.4. The molecule has 0 saturated heterocycles. The number of rotatable bonds is 5. The zero-order valence-electron chi connectivity index (χ0n) is 9.23. The third-order valence-corrected chi connectivity index (χ3v) is 3.24. The number of furan rings is 1. The normalized spacial score (nSPS) is 10.6. The Morgan fingerprint density at radius 2 is 2.25 bits per heavy atom. The van der Waals surface area contributed by atoms with Crippen LogP contribution < -0.4 is 0 Å². The van der Waals surface area contributed by atoms with Gasteiger partial charge in [0.2, 0.25) is 0 Å². The van der Waals surface area contributed by atoms with Crippen LogP contribution in [0.25, 0.3) is 0 Å². The molecular weight excluding hydrogens is 220 g/mol. The van der Waals surface area contributed by atoms with E-state index in [0.29, 0.717) is 12.2 Å². The molecular formula is C13H14O2S. The maximum absolute atomic E-state index is 11.8. The van der Waals surface area contributed by atoms with Crippen molar-refractivity contribution < 1.29 is 9.21 Å². The lowest BCUT2D eigenvalue weighted by molar-refractivity contribution is 0.0954. The minimum atomic E-state index is 0.0888. The maximum atomic E-state index is 11.8. The SMILES string of the molecule is CCc1ccc(C(=O)CCc2ccsc2)o1. The molecule has 0 fully saturated rings. The lowest BCUT2D eigenvalue weighted by atomic mass is 10.1. The van der Waals surface area contributed by atoms with Gasteiger partial charge in [0.25, 0.3) is 0 Å². The molecule has 0 aliphatic heterocycles. The zero-order valence-corrected chi connectivity index (χ0v) is 10.0. The molecule has 16 heavy (non-hydrogen) atoms. The smallest absolute Gasteiger partial charge is 0.198 e. The van der Waals surface area contributed by atoms with Gasteiger partial charge < -0.3 is 4.42 Å². The van der Waals surface area contributed by atoms with Crippen molar-refractivity contribution in [3.8, 4) is 0 Å². The maximum Gasteiger partial charge on any atom is 0.198 e. The first-order chi connectivity index (χ1) is 7.79. The van der Waals surface area contributed by atoms with Crippen molar-refractivity contribution in [2.24, 2.45) is 0 Å². The summed E-state index contributed by atoms with van der Waals surface area (Å²) in [5, 5.41) is 4.11. The molecule has 2 aromatic rings. The molecule has 0 N–H and O–H groups in total. The molecule has 84 valence electrons. The molecule has 2 aromatic heterocycles. The number of carbonyl (C=O) groups excluding carboxylic acids is 1. The summed E-state index contributed by atoms with van der Waals surface area (Å²) in [6.45, 7) is 2.01. The Balaban J connectivity index is 1.93. The van der Waals surface area contributed by atoms with Crippen molar-refractivity contribution in [2.45, 2.75) is 26.2 Å². The van der Waals surface area contributed by atoms with E-state index in [-0.39, 0.29) is 5.78 Å². The highest BCUT2D eigenvalue weighted by molar-refractivity contribution is 7.07. The van der Waals surface area contributed by atoms with Gasteiger partial charge in [0.1, 0.15) is 5.76 Å². The molecule has 2 rings (SSSR count). The summed E-state index contributed by atoms with van der Waals surface area (Å²) in [7, 11) is 0. The Hall–Kier alpha value is -1.35. The molecule has 0 aliphatic carbocycles. The monoisotopic (exact) mass is 234 g/mol. The summed E-state index contributed by atoms with van der Waals surface area (Å²) >= 11 is 1.66. The Kier molecular flexibility index (Phi) is 3.57. The first-order valence-corrected chi connectivity index (χ1v) is 6.37. The van der Waals surface area contributed by atoms with Crippen LogP contribution in [0.15, 0.2) is 33.4 Å². The van der Waals surface area contributed by atoms with Gasteiger partial charge in [0.05, 0.1) is 0 Å². The molecule has 0 radical (unpaired) electrons. The van der Waals surface area contributed by atoms with E-state index in [4.69, 9.17) is 4.42 Å². The van der Waals surface area contributed by atoms with Crippen LogP contribution in [-0.2, 0) is 12.8 Å². The van der Waals surface area contributed by atoms with Crippen molar-refractivity contribution in [3.63, 3.8) is 0 Å². The van der Waals surface area contributed by atoms with Crippen molar-refractivity contribution in [1.82, 2.24) is 0 Å². The largest absolute Gasteiger partial charge is 0.458 e. The van der Waals surface area contributed by atoms with Gasteiger partial charge in [-0.2, -0.15) is 11.3 Å². The predicted octanol–water partition coefficient (Wildman–Crippen LogP) is 3.72. The Morgan fingerprint density at radius 3 is 2.88 bits per heavy atom. The molecule has 3 heteroatoms. The molecule has 0 saturated carbocycles. The van der Waals surface area contributed by atoms with Crippen LogP contribution in [-0.4, -0.2) is 5.78 Å². The molecule has 0 spiro atoms. The van der Waals surface area contributed by atoms with Crippen molar-refractivity contribution >= 4 is 17.1 Å². The summed E-state index contributed by atoms with van der Waals surface area (Å²) in [5.74, 6) is 1.46. The molecule has 0 unspecified atom stereocenters. The van der Waals surface area contributed by atoms with Crippen LogP contribution in [0.2, 0.25) is 0 Å². The number of carbonyl (C=O) groups is 1. The van der Waals surface area contributed by atoms with E-state index in [9.17, 15) is 4.79 Å². The van der Waals surface area contributed by atoms with Crippen LogP contribution in [0.3, 0.4) is 0 Å². The highest BCUT2D eigenvalue weighted by Crippen LogP contribution is 2.14. The van der Waals surface area contributed by atoms with Crippen LogP contribution in [0.1, 0.15) is 35.2 Å². The highest BCUT2D eigenvalue weighted by Gasteiger charge is 2.10. The predicted molar refractivity (Wildman–Crippen MR) is 65.1 cm³/mol. The van der Waals surface area contributed by atoms with Crippen molar-refractivity contribution in [2.75, 3.05) is 0 Å². The van der Waals surface area contributed by atoms with Crippen LogP contribution >= 0.6 is 11.3 Å². The highest BCUT2D eigenvalue weighted by atomic mass is 32.1. The second kappa shape index (κ2) is 5.12. The van der Waals surface area contributed by atoms with Gasteiger partial charge in [-0.1, -0.05) is 6.92 Å². The molecule has 0 bridgehead atoms. The van der Waals surface area contributed by atoms with Gasteiger partial charge in [0.15, 0.2) is 11.5 Å². The summed E-state index contributed by atoms with van der Waals surface area (Å²) in [5.41, 5.74) is 1.22. The van der Waals surface area contributed by atoms with Gasteiger partial charge in [-0.15, -0.1) is 0 Å². The van der Waals surface area contributed by atoms with Crippen LogP contribution in [0.4, 0.5) is 0 Å². The van der Waals surface area contributed by atoms with Crippen molar-refractivity contribution in [3.05, 3.63) is 46.0 Å². The van der Waals surface area contributed by atoms with E-state index in [1.165, 1.54) is 5.56 Å². The van der Waals surface area contributed by atoms with E-state index >= 15 is 0 Å². The molecule has 0 aliphatic rings. The first-order valence-electron chi connectivity index (χ1n) is 5.42. The van der Waals surface area contributed by atoms with Crippen molar-refractivity contribution in [1.29, 1.82) is 0 Å².